The van der Waals surface area contributed by atoms with Crippen LogP contribution in [0.4, 0.5) is 5.69 Å². The molecule has 0 atom stereocenters. The van der Waals surface area contributed by atoms with E-state index < -0.39 is 10.5 Å². The van der Waals surface area contributed by atoms with Gasteiger partial charge in [0.1, 0.15) is 12.2 Å². The number of aryl methyl sites for hydroxylation is 2. The quantitative estimate of drug-likeness (QED) is 0.387. The van der Waals surface area contributed by atoms with E-state index in [1.54, 1.807) is 0 Å². The average molecular weight is 367 g/mol. The lowest BCUT2D eigenvalue weighted by Gasteiger charge is -2.12. The number of hydrogen-bond acceptors (Lipinski definition) is 6. The van der Waals surface area contributed by atoms with Crippen LogP contribution in [0.25, 0.3) is 11.0 Å². The highest BCUT2D eigenvalue weighted by molar-refractivity contribution is 5.82. The first kappa shape index (κ1) is 17.1. The second-order valence-corrected chi connectivity index (χ2v) is 6.44. The highest BCUT2D eigenvalue weighted by Crippen LogP contribution is 2.33. The summed E-state index contributed by atoms with van der Waals surface area (Å²) in [5, 5.41) is 11.7. The maximum Gasteiger partial charge on any atom is 0.336 e. The van der Waals surface area contributed by atoms with Gasteiger partial charge in [-0.05, 0) is 48.6 Å². The van der Waals surface area contributed by atoms with Crippen molar-refractivity contribution in [3.8, 4) is 11.5 Å². The smallest absolute Gasteiger partial charge is 0.336 e. The van der Waals surface area contributed by atoms with Crippen molar-refractivity contribution < 1.29 is 18.8 Å². The Bertz CT molecular complexity index is 1100. The summed E-state index contributed by atoms with van der Waals surface area (Å²) in [5.74, 6) is 0.628. The predicted molar refractivity (Wildman–Crippen MR) is 98.5 cm³/mol. The van der Waals surface area contributed by atoms with Gasteiger partial charge in [-0.3, -0.25) is 10.1 Å². The topological polar surface area (TPSA) is 91.8 Å². The van der Waals surface area contributed by atoms with Crippen LogP contribution in [0.5, 0.6) is 11.5 Å². The molecule has 0 bridgehead atoms. The molecule has 1 aliphatic carbocycles. The van der Waals surface area contributed by atoms with Gasteiger partial charge in [0.2, 0.25) is 0 Å². The van der Waals surface area contributed by atoms with Crippen molar-refractivity contribution in [3.05, 3.63) is 73.6 Å². The molecule has 1 heterocycles. The summed E-state index contributed by atoms with van der Waals surface area (Å²) >= 11 is 0. The summed E-state index contributed by atoms with van der Waals surface area (Å²) in [7, 11) is 1.42. The third-order valence-electron chi connectivity index (χ3n) is 4.78. The minimum atomic E-state index is -0.497. The normalized spacial score (nSPS) is 12.8. The first-order valence-corrected chi connectivity index (χ1v) is 8.59. The summed E-state index contributed by atoms with van der Waals surface area (Å²) in [6, 6.07) is 9.56. The van der Waals surface area contributed by atoms with Crippen molar-refractivity contribution in [1.29, 1.82) is 0 Å². The van der Waals surface area contributed by atoms with Crippen LogP contribution < -0.4 is 15.1 Å². The molecule has 3 aromatic rings. The molecule has 0 saturated heterocycles. The molecule has 0 radical (unpaired) electrons. The Kier molecular flexibility index (Phi) is 4.27. The number of rotatable bonds is 5. The summed E-state index contributed by atoms with van der Waals surface area (Å²) in [6.45, 7) is 0.120. The van der Waals surface area contributed by atoms with E-state index in [-0.39, 0.29) is 18.0 Å². The van der Waals surface area contributed by atoms with Crippen LogP contribution in [0.15, 0.2) is 45.6 Å². The van der Waals surface area contributed by atoms with Gasteiger partial charge >= 0.3 is 5.63 Å². The molecule has 4 rings (SSSR count). The van der Waals surface area contributed by atoms with Crippen LogP contribution in [0.2, 0.25) is 0 Å². The fourth-order valence-electron chi connectivity index (χ4n) is 3.46. The third-order valence-corrected chi connectivity index (χ3v) is 4.78. The van der Waals surface area contributed by atoms with E-state index in [4.69, 9.17) is 13.9 Å². The molecule has 0 aliphatic heterocycles. The second kappa shape index (κ2) is 6.75. The molecule has 2 aromatic carbocycles. The number of nitro groups is 1. The van der Waals surface area contributed by atoms with Crippen molar-refractivity contribution in [1.82, 2.24) is 0 Å². The fraction of sp³-hybridized carbons (Fsp3) is 0.250. The number of nitrogens with zero attached hydrogens (tertiary/aromatic N) is 1. The van der Waals surface area contributed by atoms with Crippen LogP contribution in [-0.2, 0) is 19.4 Å². The molecule has 27 heavy (non-hydrogen) atoms. The Morgan fingerprint density at radius 1 is 1.11 bits per heavy atom. The zero-order chi connectivity index (χ0) is 19.0. The standard InChI is InChI=1S/C20H17NO6/c1-25-19-10-15(21(23)24)5-6-17(19)26-11-14-9-20(22)27-18-8-13-4-2-3-12(13)7-16(14)18/h5-10H,2-4,11H2,1H3. The zero-order valence-corrected chi connectivity index (χ0v) is 14.7. The Morgan fingerprint density at radius 2 is 1.89 bits per heavy atom. The molecular formula is C20H17NO6. The Labute approximate surface area is 154 Å². The van der Waals surface area contributed by atoms with Crippen LogP contribution in [0, 0.1) is 10.1 Å². The number of methoxy groups -OCH3 is 1. The molecule has 7 heteroatoms. The Morgan fingerprint density at radius 3 is 2.63 bits per heavy atom. The first-order chi connectivity index (χ1) is 13.0. The molecular weight excluding hydrogens is 350 g/mol. The van der Waals surface area contributed by atoms with E-state index >= 15 is 0 Å². The first-order valence-electron chi connectivity index (χ1n) is 8.59. The van der Waals surface area contributed by atoms with Crippen molar-refractivity contribution in [3.63, 3.8) is 0 Å². The molecule has 1 aromatic heterocycles. The second-order valence-electron chi connectivity index (χ2n) is 6.44. The summed E-state index contributed by atoms with van der Waals surface area (Å²) in [6.07, 6.45) is 3.11. The largest absolute Gasteiger partial charge is 0.493 e. The number of ether oxygens (including phenoxy) is 2. The molecule has 0 saturated carbocycles. The summed E-state index contributed by atoms with van der Waals surface area (Å²) in [5.41, 5.74) is 3.23. The molecule has 0 fully saturated rings. The van der Waals surface area contributed by atoms with Crippen molar-refractivity contribution in [2.75, 3.05) is 7.11 Å². The number of hydrogen-bond donors (Lipinski definition) is 0. The fourth-order valence-corrected chi connectivity index (χ4v) is 3.46. The van der Waals surface area contributed by atoms with Crippen molar-refractivity contribution >= 4 is 16.7 Å². The minimum Gasteiger partial charge on any atom is -0.493 e. The maximum atomic E-state index is 11.9. The van der Waals surface area contributed by atoms with Gasteiger partial charge < -0.3 is 13.9 Å². The molecule has 138 valence electrons. The lowest BCUT2D eigenvalue weighted by molar-refractivity contribution is -0.385. The number of non-ortho nitro benzene ring substituents is 1. The Balaban J connectivity index is 1.68. The number of fused-ring (bicyclic) bond motifs is 2. The van der Waals surface area contributed by atoms with Gasteiger partial charge in [0.05, 0.1) is 18.1 Å². The van der Waals surface area contributed by atoms with Gasteiger partial charge in [0.15, 0.2) is 11.5 Å². The molecule has 0 amide bonds. The average Bonchev–Trinajstić information content (AvgIpc) is 3.11. The van der Waals surface area contributed by atoms with Crippen molar-refractivity contribution in [2.24, 2.45) is 0 Å². The van der Waals surface area contributed by atoms with Crippen LogP contribution in [-0.4, -0.2) is 12.0 Å². The van der Waals surface area contributed by atoms with Gasteiger partial charge in [0, 0.05) is 23.1 Å². The summed E-state index contributed by atoms with van der Waals surface area (Å²) < 4.78 is 16.3. The van der Waals surface area contributed by atoms with Gasteiger partial charge in [0.25, 0.3) is 5.69 Å². The molecule has 1 aliphatic rings. The van der Waals surface area contributed by atoms with Gasteiger partial charge in [-0.2, -0.15) is 0 Å². The highest BCUT2D eigenvalue weighted by Gasteiger charge is 2.17. The zero-order valence-electron chi connectivity index (χ0n) is 14.7. The van der Waals surface area contributed by atoms with Gasteiger partial charge in [-0.1, -0.05) is 0 Å². The van der Waals surface area contributed by atoms with Gasteiger partial charge in [-0.15, -0.1) is 0 Å². The van der Waals surface area contributed by atoms with Crippen LogP contribution in [0.3, 0.4) is 0 Å². The van der Waals surface area contributed by atoms with Gasteiger partial charge in [-0.25, -0.2) is 4.79 Å². The van der Waals surface area contributed by atoms with E-state index in [1.165, 1.54) is 42.5 Å². The number of nitro benzene ring substituents is 1. The van der Waals surface area contributed by atoms with Crippen LogP contribution in [0.1, 0.15) is 23.1 Å². The lowest BCUT2D eigenvalue weighted by atomic mass is 10.0. The monoisotopic (exact) mass is 367 g/mol. The molecule has 0 spiro atoms. The van der Waals surface area contributed by atoms with Crippen LogP contribution >= 0.6 is 0 Å². The van der Waals surface area contributed by atoms with E-state index in [1.807, 2.05) is 6.07 Å². The molecule has 0 unspecified atom stereocenters. The van der Waals surface area contributed by atoms with E-state index in [2.05, 4.69) is 6.07 Å². The van der Waals surface area contributed by atoms with E-state index in [0.29, 0.717) is 16.9 Å². The maximum absolute atomic E-state index is 11.9. The number of benzene rings is 2. The van der Waals surface area contributed by atoms with Crippen molar-refractivity contribution in [2.45, 2.75) is 25.9 Å². The predicted octanol–water partition coefficient (Wildman–Crippen LogP) is 3.78. The Hall–Kier alpha value is -3.35. The third kappa shape index (κ3) is 3.23. The highest BCUT2D eigenvalue weighted by atomic mass is 16.6. The lowest BCUT2D eigenvalue weighted by Crippen LogP contribution is -2.05. The summed E-state index contributed by atoms with van der Waals surface area (Å²) in [4.78, 5) is 22.3. The minimum absolute atomic E-state index is 0.0828. The SMILES string of the molecule is COc1cc([N+](=O)[O-])ccc1OCc1cc(=O)oc2cc3c(cc12)CCC3. The van der Waals surface area contributed by atoms with E-state index in [9.17, 15) is 14.9 Å². The molecule has 7 nitrogen and oxygen atoms in total. The molecule has 0 N–H and O–H groups in total. The van der Waals surface area contributed by atoms with E-state index in [0.717, 1.165) is 24.6 Å².